The molecule has 1 unspecified atom stereocenters. The molecule has 2 aromatic carbocycles. The Bertz CT molecular complexity index is 837. The molecule has 0 spiro atoms. The molecule has 1 atom stereocenters. The van der Waals surface area contributed by atoms with Crippen molar-refractivity contribution in [2.75, 3.05) is 13.2 Å². The van der Waals surface area contributed by atoms with Crippen LogP contribution in [0.15, 0.2) is 36.4 Å². The van der Waals surface area contributed by atoms with Gasteiger partial charge in [0, 0.05) is 13.1 Å². The molecular formula is C26H36ClNO3. The molecule has 4 nitrogen and oxygen atoms in total. The average molecular weight is 446 g/mol. The molecular weight excluding hydrogens is 410 g/mol. The van der Waals surface area contributed by atoms with Crippen LogP contribution >= 0.6 is 11.6 Å². The van der Waals surface area contributed by atoms with E-state index in [1.165, 1.54) is 29.5 Å². The van der Waals surface area contributed by atoms with Crippen LogP contribution in [-0.4, -0.2) is 24.2 Å². The van der Waals surface area contributed by atoms with Gasteiger partial charge >= 0.3 is 5.97 Å². The van der Waals surface area contributed by atoms with Crippen molar-refractivity contribution in [2.45, 2.75) is 65.8 Å². The third-order valence-corrected chi connectivity index (χ3v) is 5.94. The Morgan fingerprint density at radius 3 is 2.55 bits per heavy atom. The van der Waals surface area contributed by atoms with E-state index >= 15 is 0 Å². The number of aryl methyl sites for hydroxylation is 2. The van der Waals surface area contributed by atoms with Crippen molar-refractivity contribution >= 4 is 17.6 Å². The molecule has 0 fully saturated rings. The van der Waals surface area contributed by atoms with E-state index in [0.29, 0.717) is 36.4 Å². The second-order valence-corrected chi connectivity index (χ2v) is 8.76. The number of hydrogen-bond donors (Lipinski definition) is 2. The van der Waals surface area contributed by atoms with Gasteiger partial charge in [0.15, 0.2) is 0 Å². The lowest BCUT2D eigenvalue weighted by atomic mass is 9.90. The van der Waals surface area contributed by atoms with Crippen LogP contribution in [0.2, 0.25) is 5.02 Å². The van der Waals surface area contributed by atoms with Crippen LogP contribution in [0.3, 0.4) is 0 Å². The minimum absolute atomic E-state index is 0.109. The second-order valence-electron chi connectivity index (χ2n) is 8.35. The van der Waals surface area contributed by atoms with Crippen LogP contribution in [0.5, 0.6) is 5.75 Å². The first-order valence-corrected chi connectivity index (χ1v) is 11.7. The SMILES string of the molecule is CCCC(CCCOc1ccc(CNCCC(=O)O)cc1Cl)Cc1ccc(C)c(C)c1. The highest BCUT2D eigenvalue weighted by Crippen LogP contribution is 2.26. The van der Waals surface area contributed by atoms with Crippen molar-refractivity contribution in [3.8, 4) is 5.75 Å². The molecule has 0 aliphatic rings. The first-order valence-electron chi connectivity index (χ1n) is 11.3. The third kappa shape index (κ3) is 9.32. The Balaban J connectivity index is 1.77. The number of carboxylic acids is 1. The molecule has 0 aliphatic carbocycles. The molecule has 0 heterocycles. The van der Waals surface area contributed by atoms with Crippen molar-refractivity contribution in [3.05, 3.63) is 63.7 Å². The fraction of sp³-hybridized carbons (Fsp3) is 0.500. The van der Waals surface area contributed by atoms with Gasteiger partial charge in [0.25, 0.3) is 0 Å². The maximum absolute atomic E-state index is 10.6. The van der Waals surface area contributed by atoms with Gasteiger partial charge in [-0.15, -0.1) is 0 Å². The Hall–Kier alpha value is -2.04. The van der Waals surface area contributed by atoms with Gasteiger partial charge in [-0.3, -0.25) is 4.79 Å². The van der Waals surface area contributed by atoms with Gasteiger partial charge in [-0.2, -0.15) is 0 Å². The number of ether oxygens (including phenoxy) is 1. The standard InChI is InChI=1S/C26H36ClNO3/c1-4-6-21(16-22-9-8-19(2)20(3)15-22)7-5-14-31-25-11-10-23(17-24(25)27)18-28-13-12-26(29)30/h8-11,15,17,21,28H,4-7,12-14,16,18H2,1-3H3,(H,29,30). The first kappa shape index (κ1) is 25.2. The Kier molecular flexibility index (Phi) is 10.9. The van der Waals surface area contributed by atoms with Crippen LogP contribution in [-0.2, 0) is 17.8 Å². The summed E-state index contributed by atoms with van der Waals surface area (Å²) in [5, 5.41) is 12.4. The van der Waals surface area contributed by atoms with E-state index in [1.807, 2.05) is 18.2 Å². The van der Waals surface area contributed by atoms with Gasteiger partial charge in [-0.25, -0.2) is 0 Å². The smallest absolute Gasteiger partial charge is 0.304 e. The molecule has 2 aromatic rings. The van der Waals surface area contributed by atoms with Crippen LogP contribution in [0, 0.1) is 19.8 Å². The minimum atomic E-state index is -0.801. The number of carbonyl (C=O) groups is 1. The molecule has 5 heteroatoms. The van der Waals surface area contributed by atoms with E-state index in [4.69, 9.17) is 21.4 Å². The van der Waals surface area contributed by atoms with Gasteiger partial charge in [0.05, 0.1) is 18.1 Å². The summed E-state index contributed by atoms with van der Waals surface area (Å²) in [6, 6.07) is 12.6. The Labute approximate surface area is 192 Å². The molecule has 31 heavy (non-hydrogen) atoms. The van der Waals surface area contributed by atoms with Gasteiger partial charge in [0.2, 0.25) is 0 Å². The van der Waals surface area contributed by atoms with E-state index in [1.54, 1.807) is 0 Å². The van der Waals surface area contributed by atoms with Crippen molar-refractivity contribution < 1.29 is 14.6 Å². The summed E-state index contributed by atoms with van der Waals surface area (Å²) < 4.78 is 5.93. The number of halogens is 1. The highest BCUT2D eigenvalue weighted by molar-refractivity contribution is 6.32. The number of carboxylic acid groups (broad SMARTS) is 1. The average Bonchev–Trinajstić information content (AvgIpc) is 2.72. The summed E-state index contributed by atoms with van der Waals surface area (Å²) in [6.07, 6.45) is 5.81. The van der Waals surface area contributed by atoms with Crippen molar-refractivity contribution in [1.29, 1.82) is 0 Å². The zero-order valence-corrected chi connectivity index (χ0v) is 19.8. The number of aliphatic carboxylic acids is 1. The molecule has 170 valence electrons. The lowest BCUT2D eigenvalue weighted by molar-refractivity contribution is -0.136. The maximum Gasteiger partial charge on any atom is 0.304 e. The van der Waals surface area contributed by atoms with E-state index in [0.717, 1.165) is 24.8 Å². The van der Waals surface area contributed by atoms with E-state index in [9.17, 15) is 4.79 Å². The Morgan fingerprint density at radius 2 is 1.87 bits per heavy atom. The van der Waals surface area contributed by atoms with Crippen molar-refractivity contribution in [2.24, 2.45) is 5.92 Å². The zero-order valence-electron chi connectivity index (χ0n) is 19.0. The van der Waals surface area contributed by atoms with Crippen LogP contribution in [0.4, 0.5) is 0 Å². The van der Waals surface area contributed by atoms with Gasteiger partial charge in [-0.05, 0) is 73.4 Å². The fourth-order valence-electron chi connectivity index (χ4n) is 3.77. The Morgan fingerprint density at radius 1 is 1.10 bits per heavy atom. The lowest BCUT2D eigenvalue weighted by Crippen LogP contribution is -2.17. The second kappa shape index (κ2) is 13.4. The molecule has 0 amide bonds. The van der Waals surface area contributed by atoms with E-state index < -0.39 is 5.97 Å². The molecule has 2 rings (SSSR count). The summed E-state index contributed by atoms with van der Waals surface area (Å²) in [4.78, 5) is 10.6. The molecule has 0 bridgehead atoms. The number of rotatable bonds is 14. The van der Waals surface area contributed by atoms with Crippen molar-refractivity contribution in [3.63, 3.8) is 0 Å². The predicted octanol–water partition coefficient (Wildman–Crippen LogP) is 6.34. The van der Waals surface area contributed by atoms with Gasteiger partial charge < -0.3 is 15.2 Å². The van der Waals surface area contributed by atoms with Crippen LogP contribution < -0.4 is 10.1 Å². The number of nitrogens with one attached hydrogen (secondary N) is 1. The summed E-state index contributed by atoms with van der Waals surface area (Å²) in [5.41, 5.74) is 5.16. The third-order valence-electron chi connectivity index (χ3n) is 5.65. The van der Waals surface area contributed by atoms with Gasteiger partial charge in [0.1, 0.15) is 5.75 Å². The largest absolute Gasteiger partial charge is 0.492 e. The summed E-state index contributed by atoms with van der Waals surface area (Å²) in [5.74, 6) is 0.576. The van der Waals surface area contributed by atoms with Crippen molar-refractivity contribution in [1.82, 2.24) is 5.32 Å². The fourth-order valence-corrected chi connectivity index (χ4v) is 4.03. The normalized spacial score (nSPS) is 12.0. The quantitative estimate of drug-likeness (QED) is 0.333. The zero-order chi connectivity index (χ0) is 22.6. The van der Waals surface area contributed by atoms with Gasteiger partial charge in [-0.1, -0.05) is 55.6 Å². The molecule has 0 saturated carbocycles. The van der Waals surface area contributed by atoms with E-state index in [2.05, 4.69) is 44.3 Å². The molecule has 0 saturated heterocycles. The minimum Gasteiger partial charge on any atom is -0.492 e. The number of benzene rings is 2. The molecule has 0 aliphatic heterocycles. The summed E-state index contributed by atoms with van der Waals surface area (Å²) in [6.45, 7) is 8.28. The van der Waals surface area contributed by atoms with E-state index in [-0.39, 0.29) is 6.42 Å². The monoisotopic (exact) mass is 445 g/mol. The number of hydrogen-bond acceptors (Lipinski definition) is 3. The van der Waals surface area contributed by atoms with Crippen LogP contribution in [0.1, 0.15) is 61.3 Å². The summed E-state index contributed by atoms with van der Waals surface area (Å²) >= 11 is 6.37. The molecule has 2 N–H and O–H groups in total. The topological polar surface area (TPSA) is 58.6 Å². The molecule has 0 radical (unpaired) electrons. The predicted molar refractivity (Wildman–Crippen MR) is 128 cm³/mol. The van der Waals surface area contributed by atoms with Crippen LogP contribution in [0.25, 0.3) is 0 Å². The maximum atomic E-state index is 10.6. The first-order chi connectivity index (χ1) is 14.9. The summed E-state index contributed by atoms with van der Waals surface area (Å²) in [7, 11) is 0. The lowest BCUT2D eigenvalue weighted by Gasteiger charge is -2.17. The highest BCUT2D eigenvalue weighted by atomic mass is 35.5. The molecule has 0 aromatic heterocycles. The highest BCUT2D eigenvalue weighted by Gasteiger charge is 2.11.